The lowest BCUT2D eigenvalue weighted by molar-refractivity contribution is 0.281. The molecule has 2 rings (SSSR count). The highest BCUT2D eigenvalue weighted by Gasteiger charge is 2.08. The van der Waals surface area contributed by atoms with E-state index in [-0.39, 0.29) is 18.2 Å². The number of aliphatic hydroxyl groups excluding tert-OH is 1. The summed E-state index contributed by atoms with van der Waals surface area (Å²) in [6, 6.07) is 8.62. The van der Waals surface area contributed by atoms with Crippen LogP contribution in [0.15, 0.2) is 34.3 Å². The van der Waals surface area contributed by atoms with E-state index in [0.717, 1.165) is 0 Å². The van der Waals surface area contributed by atoms with E-state index in [4.69, 9.17) is 21.8 Å². The summed E-state index contributed by atoms with van der Waals surface area (Å²) in [6.07, 6.45) is 0. The molecule has 2 aromatic rings. The number of nitriles is 1. The van der Waals surface area contributed by atoms with E-state index in [2.05, 4.69) is 16.0 Å². The summed E-state index contributed by atoms with van der Waals surface area (Å²) >= 11 is 1.20. The fourth-order valence-electron chi connectivity index (χ4n) is 1.46. The fraction of sp³-hybridized carbons (Fsp3) is 0.0833. The molecule has 96 valence electrons. The smallest absolute Gasteiger partial charge is 0.196 e. The monoisotopic (exact) mass is 273 g/mol. The highest BCUT2D eigenvalue weighted by Crippen LogP contribution is 2.29. The van der Waals surface area contributed by atoms with Crippen molar-refractivity contribution < 1.29 is 5.11 Å². The number of rotatable bonds is 3. The first-order chi connectivity index (χ1) is 9.12. The Morgan fingerprint density at radius 1 is 1.21 bits per heavy atom. The standard InChI is InChI=1S/C12H11N5OS/c13-5-8-3-7(6-18)1-2-9(8)19-12-16-10(14)4-11(15)17-12/h1-4,18H,6H2,(H4,14,15,16,17). The molecule has 0 aliphatic heterocycles. The van der Waals surface area contributed by atoms with E-state index in [1.54, 1.807) is 18.2 Å². The Labute approximate surface area is 114 Å². The molecule has 0 aliphatic carbocycles. The Morgan fingerprint density at radius 3 is 2.47 bits per heavy atom. The maximum atomic E-state index is 9.09. The molecule has 5 N–H and O–H groups in total. The molecule has 7 heteroatoms. The minimum absolute atomic E-state index is 0.110. The van der Waals surface area contributed by atoms with Gasteiger partial charge in [0.05, 0.1) is 12.2 Å². The molecule has 1 aromatic heterocycles. The molecule has 0 spiro atoms. The predicted molar refractivity (Wildman–Crippen MR) is 72.1 cm³/mol. The molecule has 0 aliphatic rings. The van der Waals surface area contributed by atoms with Gasteiger partial charge in [-0.05, 0) is 29.5 Å². The van der Waals surface area contributed by atoms with Crippen molar-refractivity contribution in [2.45, 2.75) is 16.7 Å². The minimum atomic E-state index is -0.110. The van der Waals surface area contributed by atoms with Crippen LogP contribution in [0, 0.1) is 11.3 Å². The highest BCUT2D eigenvalue weighted by atomic mass is 32.2. The van der Waals surface area contributed by atoms with E-state index in [0.29, 0.717) is 21.2 Å². The van der Waals surface area contributed by atoms with Crippen molar-refractivity contribution in [1.29, 1.82) is 5.26 Å². The summed E-state index contributed by atoms with van der Waals surface area (Å²) in [6.45, 7) is -0.110. The van der Waals surface area contributed by atoms with Crippen LogP contribution in [0.2, 0.25) is 0 Å². The SMILES string of the molecule is N#Cc1cc(CO)ccc1Sc1nc(N)cc(N)n1. The van der Waals surface area contributed by atoms with Gasteiger partial charge in [0.15, 0.2) is 5.16 Å². The molecular formula is C12H11N5OS. The van der Waals surface area contributed by atoms with E-state index in [1.165, 1.54) is 17.8 Å². The number of aromatic nitrogens is 2. The lowest BCUT2D eigenvalue weighted by Gasteiger charge is -2.05. The zero-order valence-corrected chi connectivity index (χ0v) is 10.7. The quantitative estimate of drug-likeness (QED) is 0.717. The van der Waals surface area contributed by atoms with E-state index in [1.807, 2.05) is 0 Å². The molecule has 0 bridgehead atoms. The number of anilines is 2. The first-order valence-corrected chi connectivity index (χ1v) is 6.16. The normalized spacial score (nSPS) is 10.1. The molecule has 6 nitrogen and oxygen atoms in total. The van der Waals surface area contributed by atoms with Crippen LogP contribution in [0.3, 0.4) is 0 Å². The van der Waals surface area contributed by atoms with Crippen LogP contribution < -0.4 is 11.5 Å². The third-order valence-electron chi connectivity index (χ3n) is 2.29. The van der Waals surface area contributed by atoms with Crippen molar-refractivity contribution in [2.24, 2.45) is 0 Å². The lowest BCUT2D eigenvalue weighted by Crippen LogP contribution is -1.99. The summed E-state index contributed by atoms with van der Waals surface area (Å²) in [7, 11) is 0. The number of hydrogen-bond acceptors (Lipinski definition) is 7. The van der Waals surface area contributed by atoms with Gasteiger partial charge in [0, 0.05) is 11.0 Å². The molecule has 19 heavy (non-hydrogen) atoms. The molecule has 1 heterocycles. The molecule has 0 unspecified atom stereocenters. The molecule has 0 radical (unpaired) electrons. The van der Waals surface area contributed by atoms with Crippen LogP contribution in [-0.4, -0.2) is 15.1 Å². The van der Waals surface area contributed by atoms with E-state index < -0.39 is 0 Å². The summed E-state index contributed by atoms with van der Waals surface area (Å²) in [4.78, 5) is 8.76. The zero-order valence-electron chi connectivity index (χ0n) is 9.87. The highest BCUT2D eigenvalue weighted by molar-refractivity contribution is 7.99. The molecule has 0 fully saturated rings. The van der Waals surface area contributed by atoms with Gasteiger partial charge in [-0.2, -0.15) is 5.26 Å². The van der Waals surface area contributed by atoms with Gasteiger partial charge >= 0.3 is 0 Å². The first-order valence-electron chi connectivity index (χ1n) is 5.34. The first kappa shape index (κ1) is 13.1. The largest absolute Gasteiger partial charge is 0.392 e. The summed E-state index contributed by atoms with van der Waals surface area (Å²) in [5.41, 5.74) is 12.3. The topological polar surface area (TPSA) is 122 Å². The van der Waals surface area contributed by atoms with Crippen LogP contribution in [0.5, 0.6) is 0 Å². The number of nitrogens with zero attached hydrogens (tertiary/aromatic N) is 3. The summed E-state index contributed by atoms with van der Waals surface area (Å²) in [5.74, 6) is 0.556. The summed E-state index contributed by atoms with van der Waals surface area (Å²) < 4.78 is 0. The van der Waals surface area contributed by atoms with Gasteiger partial charge < -0.3 is 16.6 Å². The molecule has 1 aromatic carbocycles. The van der Waals surface area contributed by atoms with E-state index in [9.17, 15) is 0 Å². The average Bonchev–Trinajstić information content (AvgIpc) is 2.38. The molecule has 0 amide bonds. The van der Waals surface area contributed by atoms with Crippen molar-refractivity contribution in [3.63, 3.8) is 0 Å². The predicted octanol–water partition coefficient (Wildman–Crippen LogP) is 1.16. The average molecular weight is 273 g/mol. The second-order valence-corrected chi connectivity index (χ2v) is 4.71. The maximum Gasteiger partial charge on any atom is 0.196 e. The minimum Gasteiger partial charge on any atom is -0.392 e. The fourth-order valence-corrected chi connectivity index (χ4v) is 2.31. The van der Waals surface area contributed by atoms with Crippen LogP contribution in [-0.2, 0) is 6.61 Å². The Balaban J connectivity index is 2.35. The molecular weight excluding hydrogens is 262 g/mol. The van der Waals surface area contributed by atoms with Crippen molar-refractivity contribution in [3.05, 3.63) is 35.4 Å². The van der Waals surface area contributed by atoms with E-state index >= 15 is 0 Å². The Bertz CT molecular complexity index is 633. The Morgan fingerprint density at radius 2 is 1.89 bits per heavy atom. The third-order valence-corrected chi connectivity index (χ3v) is 3.23. The maximum absolute atomic E-state index is 9.09. The Hall–Kier alpha value is -2.30. The zero-order chi connectivity index (χ0) is 13.8. The number of hydrogen-bond donors (Lipinski definition) is 3. The second kappa shape index (κ2) is 5.56. The van der Waals surface area contributed by atoms with Crippen LogP contribution in [0.1, 0.15) is 11.1 Å². The van der Waals surface area contributed by atoms with Gasteiger partial charge in [-0.15, -0.1) is 0 Å². The van der Waals surface area contributed by atoms with Gasteiger partial charge in [0.2, 0.25) is 0 Å². The lowest BCUT2D eigenvalue weighted by atomic mass is 10.1. The Kier molecular flexibility index (Phi) is 3.85. The van der Waals surface area contributed by atoms with Gasteiger partial charge in [-0.25, -0.2) is 9.97 Å². The van der Waals surface area contributed by atoms with Gasteiger partial charge in [-0.1, -0.05) is 6.07 Å². The third kappa shape index (κ3) is 3.13. The summed E-state index contributed by atoms with van der Waals surface area (Å²) in [5, 5.41) is 18.5. The van der Waals surface area contributed by atoms with Crippen LogP contribution in [0.25, 0.3) is 0 Å². The second-order valence-electron chi connectivity index (χ2n) is 3.70. The number of nitrogens with two attached hydrogens (primary N) is 2. The van der Waals surface area contributed by atoms with Crippen LogP contribution in [0.4, 0.5) is 11.6 Å². The van der Waals surface area contributed by atoms with Gasteiger partial charge in [-0.3, -0.25) is 0 Å². The number of benzene rings is 1. The van der Waals surface area contributed by atoms with Crippen molar-refractivity contribution in [2.75, 3.05) is 11.5 Å². The van der Waals surface area contributed by atoms with Gasteiger partial charge in [0.1, 0.15) is 17.7 Å². The number of aliphatic hydroxyl groups is 1. The van der Waals surface area contributed by atoms with Crippen molar-refractivity contribution in [3.8, 4) is 6.07 Å². The number of nitrogen functional groups attached to an aromatic ring is 2. The molecule has 0 atom stereocenters. The molecule has 0 saturated heterocycles. The van der Waals surface area contributed by atoms with Crippen molar-refractivity contribution >= 4 is 23.4 Å². The van der Waals surface area contributed by atoms with Crippen LogP contribution >= 0.6 is 11.8 Å². The van der Waals surface area contributed by atoms with Gasteiger partial charge in [0.25, 0.3) is 0 Å². The molecule has 0 saturated carbocycles. The van der Waals surface area contributed by atoms with Crippen molar-refractivity contribution in [1.82, 2.24) is 9.97 Å².